The van der Waals surface area contributed by atoms with E-state index in [1.54, 1.807) is 18.9 Å². The number of nitrogens with zero attached hydrogens (tertiary/aromatic N) is 1. The Hall–Kier alpha value is -1.06. The summed E-state index contributed by atoms with van der Waals surface area (Å²) >= 11 is 0. The minimum absolute atomic E-state index is 0.0188. The van der Waals surface area contributed by atoms with E-state index in [2.05, 4.69) is 0 Å². The maximum Gasteiger partial charge on any atom is 0.220 e. The van der Waals surface area contributed by atoms with Crippen molar-refractivity contribution in [2.24, 2.45) is 17.1 Å². The number of nitrogens with two attached hydrogens (primary N) is 1. The summed E-state index contributed by atoms with van der Waals surface area (Å²) in [4.78, 5) is 24.4. The van der Waals surface area contributed by atoms with Gasteiger partial charge in [-0.15, -0.1) is 0 Å². The first kappa shape index (κ1) is 14.9. The fourth-order valence-corrected chi connectivity index (χ4v) is 1.71. The summed E-state index contributed by atoms with van der Waals surface area (Å²) in [5.41, 5.74) is 4.53. The average molecular weight is 228 g/mol. The molecule has 0 heterocycles. The van der Waals surface area contributed by atoms with Crippen LogP contribution in [0.15, 0.2) is 0 Å². The molecule has 0 saturated carbocycles. The molecule has 2 amide bonds. The Morgan fingerprint density at radius 3 is 1.81 bits per heavy atom. The molecule has 0 aliphatic carbocycles. The second-order valence-corrected chi connectivity index (χ2v) is 5.48. The zero-order valence-electron chi connectivity index (χ0n) is 11.4. The van der Waals surface area contributed by atoms with Crippen molar-refractivity contribution in [1.29, 1.82) is 0 Å². The summed E-state index contributed by atoms with van der Waals surface area (Å²) in [5.74, 6) is -0.658. The number of carbonyl (C=O) groups excluding carboxylic acids is 2. The Morgan fingerprint density at radius 2 is 1.56 bits per heavy atom. The largest absolute Gasteiger partial charge is 0.369 e. The van der Waals surface area contributed by atoms with Gasteiger partial charge in [0.1, 0.15) is 0 Å². The van der Waals surface area contributed by atoms with Crippen LogP contribution in [0, 0.1) is 11.3 Å². The highest BCUT2D eigenvalue weighted by Crippen LogP contribution is 2.41. The fourth-order valence-electron chi connectivity index (χ4n) is 1.71. The first-order valence-electron chi connectivity index (χ1n) is 5.50. The third kappa shape index (κ3) is 2.36. The molecule has 94 valence electrons. The van der Waals surface area contributed by atoms with Gasteiger partial charge in [-0.05, 0) is 19.3 Å². The number of hydrogen-bond donors (Lipinski definition) is 1. The predicted molar refractivity (Wildman–Crippen MR) is 64.7 cm³/mol. The van der Waals surface area contributed by atoms with Crippen molar-refractivity contribution in [3.63, 3.8) is 0 Å². The van der Waals surface area contributed by atoms with Gasteiger partial charge in [0.15, 0.2) is 0 Å². The summed E-state index contributed by atoms with van der Waals surface area (Å²) in [6.07, 6.45) is 0. The quantitative estimate of drug-likeness (QED) is 0.790. The second kappa shape index (κ2) is 4.44. The molecule has 0 aliphatic rings. The Kier molecular flexibility index (Phi) is 4.14. The van der Waals surface area contributed by atoms with Crippen molar-refractivity contribution < 1.29 is 9.59 Å². The van der Waals surface area contributed by atoms with E-state index in [4.69, 9.17) is 5.73 Å². The second-order valence-electron chi connectivity index (χ2n) is 5.48. The van der Waals surface area contributed by atoms with Crippen LogP contribution in [0.3, 0.4) is 0 Å². The number of amides is 2. The number of carbonyl (C=O) groups is 2. The van der Waals surface area contributed by atoms with Crippen LogP contribution in [0.2, 0.25) is 0 Å². The topological polar surface area (TPSA) is 63.4 Å². The maximum atomic E-state index is 11.4. The molecule has 4 nitrogen and oxygen atoms in total. The number of primary amides is 1. The van der Waals surface area contributed by atoms with Crippen molar-refractivity contribution in [3.8, 4) is 0 Å². The molecule has 16 heavy (non-hydrogen) atoms. The molecule has 2 N–H and O–H groups in total. The van der Waals surface area contributed by atoms with E-state index >= 15 is 0 Å². The van der Waals surface area contributed by atoms with Gasteiger partial charge in [-0.25, -0.2) is 0 Å². The SMILES string of the molecule is CC(=O)N(C)C(C)(C)C(C)(C)C(C)C(N)=O. The molecule has 0 saturated heterocycles. The molecule has 1 unspecified atom stereocenters. The first-order chi connectivity index (χ1) is 6.96. The van der Waals surface area contributed by atoms with E-state index in [9.17, 15) is 9.59 Å². The van der Waals surface area contributed by atoms with Crippen LogP contribution in [0.25, 0.3) is 0 Å². The molecule has 0 bridgehead atoms. The van der Waals surface area contributed by atoms with Gasteiger partial charge in [-0.1, -0.05) is 20.8 Å². The lowest BCUT2D eigenvalue weighted by atomic mass is 9.65. The minimum Gasteiger partial charge on any atom is -0.369 e. The van der Waals surface area contributed by atoms with Gasteiger partial charge in [-0.2, -0.15) is 0 Å². The molecular formula is C12H24N2O2. The summed E-state index contributed by atoms with van der Waals surface area (Å²) in [7, 11) is 1.75. The molecule has 0 spiro atoms. The van der Waals surface area contributed by atoms with Crippen molar-refractivity contribution in [2.45, 2.75) is 47.1 Å². The van der Waals surface area contributed by atoms with Crippen LogP contribution in [0.5, 0.6) is 0 Å². The monoisotopic (exact) mass is 228 g/mol. The number of rotatable bonds is 4. The third-order valence-corrected chi connectivity index (χ3v) is 4.40. The Labute approximate surface area is 98.2 Å². The van der Waals surface area contributed by atoms with Crippen molar-refractivity contribution in [3.05, 3.63) is 0 Å². The van der Waals surface area contributed by atoms with Gasteiger partial charge in [0.25, 0.3) is 0 Å². The molecular weight excluding hydrogens is 204 g/mol. The Bertz CT molecular complexity index is 265. The summed E-state index contributed by atoms with van der Waals surface area (Å²) in [5, 5.41) is 0. The van der Waals surface area contributed by atoms with Crippen LogP contribution < -0.4 is 5.73 Å². The van der Waals surface area contributed by atoms with Crippen LogP contribution in [-0.2, 0) is 9.59 Å². The highest BCUT2D eigenvalue weighted by atomic mass is 16.2. The molecule has 0 aromatic rings. The van der Waals surface area contributed by atoms with Crippen molar-refractivity contribution >= 4 is 11.8 Å². The van der Waals surface area contributed by atoms with Crippen LogP contribution in [-0.4, -0.2) is 29.3 Å². The zero-order valence-corrected chi connectivity index (χ0v) is 11.4. The van der Waals surface area contributed by atoms with Gasteiger partial charge >= 0.3 is 0 Å². The van der Waals surface area contributed by atoms with Crippen molar-refractivity contribution in [2.75, 3.05) is 7.05 Å². The average Bonchev–Trinajstić information content (AvgIpc) is 2.14. The van der Waals surface area contributed by atoms with Gasteiger partial charge in [-0.3, -0.25) is 9.59 Å². The molecule has 0 aromatic carbocycles. The van der Waals surface area contributed by atoms with Crippen molar-refractivity contribution in [1.82, 2.24) is 4.90 Å². The van der Waals surface area contributed by atoms with Gasteiger partial charge in [0.2, 0.25) is 11.8 Å². The standard InChI is InChI=1S/C12H24N2O2/c1-8(10(13)16)11(3,4)12(5,6)14(7)9(2)15/h8H,1-7H3,(H2,13,16). The zero-order chi connectivity index (χ0) is 13.3. The van der Waals surface area contributed by atoms with Gasteiger partial charge < -0.3 is 10.6 Å². The Balaban J connectivity index is 5.27. The fraction of sp³-hybridized carbons (Fsp3) is 0.833. The van der Waals surface area contributed by atoms with E-state index in [-0.39, 0.29) is 23.1 Å². The first-order valence-corrected chi connectivity index (χ1v) is 5.50. The smallest absolute Gasteiger partial charge is 0.220 e. The van der Waals surface area contributed by atoms with Crippen LogP contribution in [0.1, 0.15) is 41.5 Å². The molecule has 0 rings (SSSR count). The molecule has 0 fully saturated rings. The Morgan fingerprint density at radius 1 is 1.19 bits per heavy atom. The van der Waals surface area contributed by atoms with Crippen LogP contribution >= 0.6 is 0 Å². The lowest BCUT2D eigenvalue weighted by Crippen LogP contribution is -2.58. The molecule has 1 atom stereocenters. The maximum absolute atomic E-state index is 11.4. The molecule has 0 aliphatic heterocycles. The normalized spacial score (nSPS) is 14.4. The van der Waals surface area contributed by atoms with E-state index in [1.165, 1.54) is 6.92 Å². The van der Waals surface area contributed by atoms with E-state index < -0.39 is 5.54 Å². The molecule has 0 radical (unpaired) electrons. The minimum atomic E-state index is -0.437. The summed E-state index contributed by atoms with van der Waals surface area (Å²) < 4.78 is 0. The summed E-state index contributed by atoms with van der Waals surface area (Å²) in [6, 6.07) is 0. The van der Waals surface area contributed by atoms with E-state index in [0.29, 0.717) is 0 Å². The predicted octanol–water partition coefficient (Wildman–Crippen LogP) is 1.39. The molecule has 4 heteroatoms. The summed E-state index contributed by atoms with van der Waals surface area (Å²) in [6.45, 7) is 11.1. The third-order valence-electron chi connectivity index (χ3n) is 4.40. The van der Waals surface area contributed by atoms with Gasteiger partial charge in [0.05, 0.1) is 0 Å². The van der Waals surface area contributed by atoms with E-state index in [0.717, 1.165) is 0 Å². The van der Waals surface area contributed by atoms with Gasteiger partial charge in [0, 0.05) is 25.4 Å². The highest BCUT2D eigenvalue weighted by Gasteiger charge is 2.46. The molecule has 0 aromatic heterocycles. The number of hydrogen-bond acceptors (Lipinski definition) is 2. The lowest BCUT2D eigenvalue weighted by molar-refractivity contribution is -0.142. The van der Waals surface area contributed by atoms with E-state index in [1.807, 2.05) is 27.7 Å². The highest BCUT2D eigenvalue weighted by molar-refractivity contribution is 5.78. The lowest BCUT2D eigenvalue weighted by Gasteiger charge is -2.49. The van der Waals surface area contributed by atoms with Crippen LogP contribution in [0.4, 0.5) is 0 Å².